The second-order valence-electron chi connectivity index (χ2n) is 12.6. The first kappa shape index (κ1) is 36.7. The molecule has 2 rings (SSSR count). The lowest BCUT2D eigenvalue weighted by Gasteiger charge is -2.29. The number of unbranched alkanes of at least 4 members (excludes halogenated alkanes) is 1. The molecule has 1 saturated heterocycles. The summed E-state index contributed by atoms with van der Waals surface area (Å²) >= 11 is 0. The average Bonchev–Trinajstić information content (AvgIpc) is 3.46. The summed E-state index contributed by atoms with van der Waals surface area (Å²) in [6, 6.07) is 4.44. The van der Waals surface area contributed by atoms with Gasteiger partial charge in [-0.05, 0) is 68.9 Å². The average molecular weight is 617 g/mol. The highest BCUT2D eigenvalue weighted by molar-refractivity contribution is 5.95. The van der Waals surface area contributed by atoms with Gasteiger partial charge in [-0.3, -0.25) is 19.2 Å². The summed E-state index contributed by atoms with van der Waals surface area (Å²) in [5.74, 6) is -2.83. The number of rotatable bonds is 18. The zero-order chi connectivity index (χ0) is 32.8. The molecule has 1 aromatic carbocycles. The Bertz CT molecular complexity index is 1100. The number of carbonyl (C=O) groups is 5. The molecule has 8 N–H and O–H groups in total. The number of nitrogens with two attached hydrogens (primary N) is 2. The lowest BCUT2D eigenvalue weighted by molar-refractivity contribution is -0.149. The van der Waals surface area contributed by atoms with Gasteiger partial charge in [0.05, 0.1) is 6.04 Å². The summed E-state index contributed by atoms with van der Waals surface area (Å²) in [4.78, 5) is 66.9. The van der Waals surface area contributed by atoms with E-state index in [1.54, 1.807) is 0 Å². The molecule has 0 unspecified atom stereocenters. The number of nitrogens with one attached hydrogen (secondary N) is 3. The smallest absolute Gasteiger partial charge is 0.326 e. The third kappa shape index (κ3) is 11.9. The molecule has 12 nitrogen and oxygen atoms in total. The molecule has 0 saturated carbocycles. The van der Waals surface area contributed by atoms with Gasteiger partial charge >= 0.3 is 5.97 Å². The SMILES string of the molecule is CC(C)C[C@H](NC(=O)[C@@H](N)CC(C)C)C(=O)N[C@@H](CCCCN)C(=O)N[C@@H](Cc1ccccc1)C(=O)N1CCC[C@H]1C(=O)O. The number of hydrogen-bond donors (Lipinski definition) is 6. The van der Waals surface area contributed by atoms with Gasteiger partial charge in [-0.2, -0.15) is 0 Å². The third-order valence-corrected chi connectivity index (χ3v) is 7.70. The van der Waals surface area contributed by atoms with Crippen molar-refractivity contribution in [2.45, 2.75) is 109 Å². The van der Waals surface area contributed by atoms with Crippen LogP contribution in [0.2, 0.25) is 0 Å². The van der Waals surface area contributed by atoms with Crippen LogP contribution in [0.4, 0.5) is 0 Å². The Morgan fingerprint density at radius 3 is 2.05 bits per heavy atom. The van der Waals surface area contributed by atoms with Gasteiger partial charge < -0.3 is 37.4 Å². The largest absolute Gasteiger partial charge is 0.480 e. The lowest BCUT2D eigenvalue weighted by Crippen LogP contribution is -2.59. The quantitative estimate of drug-likeness (QED) is 0.133. The van der Waals surface area contributed by atoms with Gasteiger partial charge in [0.25, 0.3) is 0 Å². The topological polar surface area (TPSA) is 197 Å². The standard InChI is InChI=1S/C32H52N6O6/c1-20(2)17-23(34)28(39)36-25(18-21(3)4)30(41)35-24(13-8-9-15-33)29(40)37-26(19-22-11-6-5-7-12-22)31(42)38-16-10-14-27(38)32(43)44/h5-7,11-12,20-21,23-27H,8-10,13-19,33-34H2,1-4H3,(H,35,41)(H,36,39)(H,37,40)(H,43,44)/t23-,24-,25-,26-,27-/m0/s1. The van der Waals surface area contributed by atoms with Crippen LogP contribution in [0, 0.1) is 11.8 Å². The number of nitrogens with zero attached hydrogens (tertiary/aromatic N) is 1. The van der Waals surface area contributed by atoms with E-state index in [1.807, 2.05) is 58.0 Å². The van der Waals surface area contributed by atoms with E-state index in [1.165, 1.54) is 4.90 Å². The predicted octanol–water partition coefficient (Wildman–Crippen LogP) is 1.31. The number of likely N-dealkylation sites (tertiary alicyclic amines) is 1. The summed E-state index contributed by atoms with van der Waals surface area (Å²) in [5.41, 5.74) is 12.5. The summed E-state index contributed by atoms with van der Waals surface area (Å²) in [5, 5.41) is 18.1. The number of aliphatic carboxylic acids is 1. The Hall–Kier alpha value is -3.51. The maximum absolute atomic E-state index is 13.8. The lowest BCUT2D eigenvalue weighted by atomic mass is 9.99. The molecule has 0 radical (unpaired) electrons. The fourth-order valence-corrected chi connectivity index (χ4v) is 5.44. The fourth-order valence-electron chi connectivity index (χ4n) is 5.44. The van der Waals surface area contributed by atoms with E-state index in [-0.39, 0.29) is 31.2 Å². The van der Waals surface area contributed by atoms with Gasteiger partial charge in [0.1, 0.15) is 24.2 Å². The molecule has 0 bridgehead atoms. The maximum atomic E-state index is 13.8. The van der Waals surface area contributed by atoms with Crippen LogP contribution in [0.15, 0.2) is 30.3 Å². The van der Waals surface area contributed by atoms with Crippen LogP contribution in [0.1, 0.15) is 78.2 Å². The molecule has 0 aromatic heterocycles. The zero-order valence-electron chi connectivity index (χ0n) is 26.6. The minimum absolute atomic E-state index is 0.0624. The number of carbonyl (C=O) groups excluding carboxylic acids is 4. The summed E-state index contributed by atoms with van der Waals surface area (Å²) in [7, 11) is 0. The van der Waals surface area contributed by atoms with Crippen LogP contribution in [0.3, 0.4) is 0 Å². The van der Waals surface area contributed by atoms with Crippen molar-refractivity contribution < 1.29 is 29.1 Å². The van der Waals surface area contributed by atoms with Crippen molar-refractivity contribution in [3.05, 3.63) is 35.9 Å². The van der Waals surface area contributed by atoms with Crippen molar-refractivity contribution in [1.82, 2.24) is 20.9 Å². The van der Waals surface area contributed by atoms with Crippen LogP contribution in [-0.4, -0.2) is 82.9 Å². The normalized spacial score (nSPS) is 17.5. The molecular weight excluding hydrogens is 564 g/mol. The van der Waals surface area contributed by atoms with E-state index in [0.717, 1.165) is 5.56 Å². The van der Waals surface area contributed by atoms with Gasteiger partial charge in [0, 0.05) is 13.0 Å². The summed E-state index contributed by atoms with van der Waals surface area (Å²) in [6.07, 6.45) is 3.27. The van der Waals surface area contributed by atoms with Crippen LogP contribution in [0.25, 0.3) is 0 Å². The van der Waals surface area contributed by atoms with Crippen molar-refractivity contribution in [3.8, 4) is 0 Å². The van der Waals surface area contributed by atoms with E-state index in [9.17, 15) is 29.1 Å². The molecule has 1 aliphatic heterocycles. The molecule has 5 atom stereocenters. The Morgan fingerprint density at radius 1 is 0.864 bits per heavy atom. The predicted molar refractivity (Wildman–Crippen MR) is 168 cm³/mol. The van der Waals surface area contributed by atoms with Gasteiger partial charge in [0.15, 0.2) is 0 Å². The second-order valence-corrected chi connectivity index (χ2v) is 12.6. The van der Waals surface area contributed by atoms with E-state index >= 15 is 0 Å². The molecule has 1 aromatic rings. The number of carboxylic acid groups (broad SMARTS) is 1. The zero-order valence-corrected chi connectivity index (χ0v) is 26.6. The summed E-state index contributed by atoms with van der Waals surface area (Å²) < 4.78 is 0. The molecule has 0 aliphatic carbocycles. The van der Waals surface area contributed by atoms with E-state index in [0.29, 0.717) is 45.1 Å². The highest BCUT2D eigenvalue weighted by Crippen LogP contribution is 2.20. The van der Waals surface area contributed by atoms with E-state index < -0.39 is 59.8 Å². The highest BCUT2D eigenvalue weighted by atomic mass is 16.4. The first-order chi connectivity index (χ1) is 20.8. The van der Waals surface area contributed by atoms with Gasteiger partial charge in [-0.15, -0.1) is 0 Å². The van der Waals surface area contributed by atoms with Gasteiger partial charge in [0.2, 0.25) is 23.6 Å². The fraction of sp³-hybridized carbons (Fsp3) is 0.656. The molecule has 12 heteroatoms. The second kappa shape index (κ2) is 18.3. The van der Waals surface area contributed by atoms with Crippen molar-refractivity contribution >= 4 is 29.6 Å². The van der Waals surface area contributed by atoms with Crippen LogP contribution in [-0.2, 0) is 30.4 Å². The summed E-state index contributed by atoms with van der Waals surface area (Å²) in [6.45, 7) is 8.45. The first-order valence-corrected chi connectivity index (χ1v) is 15.8. The monoisotopic (exact) mass is 616 g/mol. The molecule has 1 heterocycles. The molecule has 246 valence electrons. The van der Waals surface area contributed by atoms with Gasteiger partial charge in [-0.25, -0.2) is 4.79 Å². The maximum Gasteiger partial charge on any atom is 0.326 e. The Kier molecular flexibility index (Phi) is 15.3. The van der Waals surface area contributed by atoms with Crippen LogP contribution in [0.5, 0.6) is 0 Å². The minimum Gasteiger partial charge on any atom is -0.480 e. The molecular formula is C32H52N6O6. The molecule has 44 heavy (non-hydrogen) atoms. The number of benzene rings is 1. The van der Waals surface area contributed by atoms with Crippen molar-refractivity contribution in [1.29, 1.82) is 0 Å². The first-order valence-electron chi connectivity index (χ1n) is 15.8. The van der Waals surface area contributed by atoms with Gasteiger partial charge in [-0.1, -0.05) is 58.0 Å². The minimum atomic E-state index is -1.08. The number of amides is 4. The van der Waals surface area contributed by atoms with Crippen LogP contribution >= 0.6 is 0 Å². The van der Waals surface area contributed by atoms with Crippen molar-refractivity contribution in [3.63, 3.8) is 0 Å². The number of hydrogen-bond acceptors (Lipinski definition) is 7. The third-order valence-electron chi connectivity index (χ3n) is 7.70. The van der Waals surface area contributed by atoms with Crippen molar-refractivity contribution in [2.24, 2.45) is 23.3 Å². The number of carboxylic acids is 1. The molecule has 1 aliphatic rings. The molecule has 0 spiro atoms. The molecule has 4 amide bonds. The van der Waals surface area contributed by atoms with E-state index in [2.05, 4.69) is 16.0 Å². The van der Waals surface area contributed by atoms with Crippen LogP contribution < -0.4 is 27.4 Å². The van der Waals surface area contributed by atoms with E-state index in [4.69, 9.17) is 11.5 Å². The Labute approximate surface area is 261 Å². The van der Waals surface area contributed by atoms with Crippen molar-refractivity contribution in [2.75, 3.05) is 13.1 Å². The highest BCUT2D eigenvalue weighted by Gasteiger charge is 2.38. The molecule has 1 fully saturated rings. The Balaban J connectivity index is 2.29. The Morgan fingerprint density at radius 2 is 1.45 bits per heavy atom.